The Kier molecular flexibility index (Phi) is 1.45. The minimum Gasteiger partial charge on any atom is -0.344 e. The molecule has 0 unspecified atom stereocenters. The van der Waals surface area contributed by atoms with Crippen molar-refractivity contribution in [1.82, 2.24) is 10.6 Å². The smallest absolute Gasteiger partial charge is 0.0518 e. The van der Waals surface area contributed by atoms with E-state index >= 15 is 0 Å². The summed E-state index contributed by atoms with van der Waals surface area (Å²) < 4.78 is 0. The van der Waals surface area contributed by atoms with Gasteiger partial charge in [0.1, 0.15) is 0 Å². The van der Waals surface area contributed by atoms with Crippen molar-refractivity contribution in [2.24, 2.45) is 0 Å². The second kappa shape index (κ2) is 2.35. The lowest BCUT2D eigenvalue weighted by Crippen LogP contribution is -2.07. The molecule has 0 atom stereocenters. The fourth-order valence-corrected chi connectivity index (χ4v) is 0.444. The topological polar surface area (TPSA) is 26.1 Å². The highest BCUT2D eigenvalue weighted by molar-refractivity contribution is 4.95. The number of nitrogens with zero attached hydrogens (tertiary/aromatic N) is 1. The van der Waals surface area contributed by atoms with Crippen LogP contribution in [0.2, 0.25) is 0 Å². The molecule has 1 rings (SSSR count). The summed E-state index contributed by atoms with van der Waals surface area (Å²) in [5.74, 6) is 0. The van der Waals surface area contributed by atoms with Crippen LogP contribution in [0.1, 0.15) is 6.42 Å². The maximum absolute atomic E-state index is 3.85. The second-order valence-corrected chi connectivity index (χ2v) is 1.40. The lowest BCUT2D eigenvalue weighted by Gasteiger charge is -1.88. The van der Waals surface area contributed by atoms with Gasteiger partial charge in [0, 0.05) is 12.6 Å². The molecule has 37 valence electrons. The van der Waals surface area contributed by atoms with Crippen LogP contribution in [0.25, 0.3) is 0 Å². The van der Waals surface area contributed by atoms with E-state index in [1.54, 1.807) is 0 Å². The van der Waals surface area contributed by atoms with Crippen LogP contribution in [0.5, 0.6) is 0 Å². The maximum Gasteiger partial charge on any atom is 0.0518 e. The third kappa shape index (κ3) is 1.36. The molecule has 1 aliphatic rings. The Morgan fingerprint density at radius 2 is 2.57 bits per heavy atom. The minimum absolute atomic E-state index is 0.889. The molecule has 7 heavy (non-hydrogen) atoms. The predicted molar refractivity (Wildman–Crippen MR) is 27.4 cm³/mol. The van der Waals surface area contributed by atoms with E-state index in [1.165, 1.54) is 0 Å². The Morgan fingerprint density at radius 3 is 3.57 bits per heavy atom. The van der Waals surface area contributed by atoms with Crippen LogP contribution in [0.15, 0.2) is 0 Å². The predicted octanol–water partition coefficient (Wildman–Crippen LogP) is -0.498. The van der Waals surface area contributed by atoms with Gasteiger partial charge in [-0.1, -0.05) is 0 Å². The summed E-state index contributed by atoms with van der Waals surface area (Å²) in [7, 11) is 0. The number of hydrogen-bond donors (Lipinski definition) is 1. The summed E-state index contributed by atoms with van der Waals surface area (Å²) in [5.41, 5.74) is 0. The average molecular weight is 95.1 g/mol. The molecule has 1 heterocycles. The zero-order valence-corrected chi connectivity index (χ0v) is 4.07. The van der Waals surface area contributed by atoms with E-state index in [0.717, 1.165) is 19.5 Å². The zero-order valence-electron chi connectivity index (χ0n) is 4.07. The van der Waals surface area contributed by atoms with Crippen LogP contribution in [0, 0.1) is 12.1 Å². The zero-order chi connectivity index (χ0) is 4.95. The van der Waals surface area contributed by atoms with Crippen molar-refractivity contribution in [2.45, 2.75) is 6.42 Å². The average Bonchev–Trinajstić information content (AvgIpc) is 1.90. The Balaban J connectivity index is 2.26. The van der Waals surface area contributed by atoms with Crippen molar-refractivity contribution >= 4 is 0 Å². The van der Waals surface area contributed by atoms with Gasteiger partial charge < -0.3 is 5.32 Å². The third-order valence-corrected chi connectivity index (χ3v) is 0.795. The van der Waals surface area contributed by atoms with Gasteiger partial charge in [-0.2, -0.15) is 0 Å². The van der Waals surface area contributed by atoms with Crippen molar-refractivity contribution in [3.63, 3.8) is 0 Å². The molecule has 0 spiro atoms. The fraction of sp³-hybridized carbons (Fsp3) is 0.600. The molecule has 0 aromatic rings. The van der Waals surface area contributed by atoms with Crippen molar-refractivity contribution in [3.8, 4) is 12.1 Å². The molecule has 1 radical (unpaired) electrons. The van der Waals surface area contributed by atoms with Crippen LogP contribution in [0.4, 0.5) is 0 Å². The molecule has 0 amide bonds. The third-order valence-electron chi connectivity index (χ3n) is 0.795. The van der Waals surface area contributed by atoms with Gasteiger partial charge >= 0.3 is 0 Å². The highest BCUT2D eigenvalue weighted by Gasteiger charge is 1.86. The maximum atomic E-state index is 3.85. The summed E-state index contributed by atoms with van der Waals surface area (Å²) in [4.78, 5) is 0. The molecule has 0 fully saturated rings. The Labute approximate surface area is 43.3 Å². The van der Waals surface area contributed by atoms with Crippen LogP contribution in [-0.4, -0.2) is 13.1 Å². The number of nitrogens with one attached hydrogen (secondary N) is 1. The van der Waals surface area contributed by atoms with Gasteiger partial charge in [0.05, 0.1) is 12.6 Å². The van der Waals surface area contributed by atoms with Crippen LogP contribution in [-0.2, 0) is 0 Å². The number of hydrogen-bond acceptors (Lipinski definition) is 1. The molecule has 1 N–H and O–H groups in total. The van der Waals surface area contributed by atoms with E-state index in [1.807, 2.05) is 0 Å². The molecule has 2 nitrogen and oxygen atoms in total. The van der Waals surface area contributed by atoms with Gasteiger partial charge in [-0.05, 0) is 6.42 Å². The molecular formula is C5H7N2. The first-order valence-corrected chi connectivity index (χ1v) is 2.39. The first kappa shape index (κ1) is 4.32. The molecule has 0 saturated carbocycles. The normalized spacial score (nSPS) is 17.1. The molecule has 0 aliphatic carbocycles. The van der Waals surface area contributed by atoms with Gasteiger partial charge in [-0.3, -0.25) is 0 Å². The van der Waals surface area contributed by atoms with E-state index in [9.17, 15) is 0 Å². The Hall–Kier alpha value is -0.840. The molecule has 0 aromatic carbocycles. The molecule has 2 heteroatoms. The van der Waals surface area contributed by atoms with Crippen molar-refractivity contribution in [3.05, 3.63) is 0 Å². The largest absolute Gasteiger partial charge is 0.344 e. The lowest BCUT2D eigenvalue weighted by atomic mass is 10.4. The van der Waals surface area contributed by atoms with Crippen molar-refractivity contribution in [2.75, 3.05) is 13.1 Å². The van der Waals surface area contributed by atoms with E-state index in [4.69, 9.17) is 0 Å². The van der Waals surface area contributed by atoms with Crippen LogP contribution < -0.4 is 10.6 Å². The summed E-state index contributed by atoms with van der Waals surface area (Å²) in [6.45, 7) is 1.87. The Bertz CT molecular complexity index is 88.4. The SMILES string of the molecule is C1#CNCCC[N]1. The highest BCUT2D eigenvalue weighted by atomic mass is 14.9. The van der Waals surface area contributed by atoms with Crippen LogP contribution in [0.3, 0.4) is 0 Å². The van der Waals surface area contributed by atoms with E-state index in [-0.39, 0.29) is 0 Å². The minimum atomic E-state index is 0.889. The van der Waals surface area contributed by atoms with Gasteiger partial charge in [-0.15, -0.1) is 0 Å². The van der Waals surface area contributed by atoms with Crippen molar-refractivity contribution in [1.29, 1.82) is 0 Å². The van der Waals surface area contributed by atoms with Gasteiger partial charge in [-0.25, -0.2) is 5.32 Å². The molecule has 0 aromatic heterocycles. The summed E-state index contributed by atoms with van der Waals surface area (Å²) in [6.07, 6.45) is 1.10. The molecule has 1 aliphatic heterocycles. The van der Waals surface area contributed by atoms with Gasteiger partial charge in [0.25, 0.3) is 0 Å². The first-order valence-electron chi connectivity index (χ1n) is 2.39. The molecule has 0 saturated heterocycles. The van der Waals surface area contributed by atoms with E-state index in [2.05, 4.69) is 22.7 Å². The summed E-state index contributed by atoms with van der Waals surface area (Å²) >= 11 is 0. The Morgan fingerprint density at radius 1 is 1.57 bits per heavy atom. The molecule has 0 bridgehead atoms. The molecular weight excluding hydrogens is 88.1 g/mol. The highest BCUT2D eigenvalue weighted by Crippen LogP contribution is 1.74. The standard InChI is InChI=1S/C5H7N2/c1-2-6-4-5-7-3-1/h6H,1-3H2. The summed E-state index contributed by atoms with van der Waals surface area (Å²) in [6, 6.07) is 5.29. The van der Waals surface area contributed by atoms with E-state index < -0.39 is 0 Å². The summed E-state index contributed by atoms with van der Waals surface area (Å²) in [5, 5.41) is 6.74. The fourth-order valence-electron chi connectivity index (χ4n) is 0.444. The second-order valence-electron chi connectivity index (χ2n) is 1.40. The van der Waals surface area contributed by atoms with Crippen LogP contribution >= 0.6 is 0 Å². The quantitative estimate of drug-likeness (QED) is 0.403. The lowest BCUT2D eigenvalue weighted by molar-refractivity contribution is 0.743. The number of rotatable bonds is 0. The first-order chi connectivity index (χ1) is 3.50. The van der Waals surface area contributed by atoms with E-state index in [0.29, 0.717) is 0 Å². The van der Waals surface area contributed by atoms with Gasteiger partial charge in [0.2, 0.25) is 0 Å². The monoisotopic (exact) mass is 95.1 g/mol. The van der Waals surface area contributed by atoms with Gasteiger partial charge in [0.15, 0.2) is 0 Å². The van der Waals surface area contributed by atoms with Crippen molar-refractivity contribution < 1.29 is 0 Å².